The standard InChI is InChI=1S/C15H16FNO2S/c1-10(2)17(9-12-4-3-7-20-12)14-6-5-11(15(18)19)8-13(14)16/h3-8,10H,9H2,1-2H3,(H,18,19). The Balaban J connectivity index is 2.32. The van der Waals surface area contributed by atoms with Crippen molar-refractivity contribution in [2.24, 2.45) is 0 Å². The van der Waals surface area contributed by atoms with Crippen molar-refractivity contribution in [2.45, 2.75) is 26.4 Å². The number of thiophene rings is 1. The van der Waals surface area contributed by atoms with Crippen LogP contribution in [-0.4, -0.2) is 17.1 Å². The third-order valence-electron chi connectivity index (χ3n) is 3.03. The molecule has 3 nitrogen and oxygen atoms in total. The molecule has 0 aliphatic heterocycles. The molecule has 0 amide bonds. The Labute approximate surface area is 121 Å². The fourth-order valence-corrected chi connectivity index (χ4v) is 2.69. The zero-order chi connectivity index (χ0) is 14.7. The quantitative estimate of drug-likeness (QED) is 0.905. The van der Waals surface area contributed by atoms with Crippen LogP contribution in [0, 0.1) is 5.82 Å². The van der Waals surface area contributed by atoms with E-state index in [1.165, 1.54) is 12.1 Å². The highest BCUT2D eigenvalue weighted by Gasteiger charge is 2.17. The van der Waals surface area contributed by atoms with Crippen LogP contribution < -0.4 is 4.90 Å². The fraction of sp³-hybridized carbons (Fsp3) is 0.267. The summed E-state index contributed by atoms with van der Waals surface area (Å²) in [6.07, 6.45) is 0. The topological polar surface area (TPSA) is 40.5 Å². The average Bonchev–Trinajstić information content (AvgIpc) is 2.89. The molecule has 0 bridgehead atoms. The smallest absolute Gasteiger partial charge is 0.335 e. The van der Waals surface area contributed by atoms with Gasteiger partial charge in [0, 0.05) is 10.9 Å². The van der Waals surface area contributed by atoms with Gasteiger partial charge in [0.05, 0.1) is 17.8 Å². The van der Waals surface area contributed by atoms with Crippen LogP contribution in [0.4, 0.5) is 10.1 Å². The summed E-state index contributed by atoms with van der Waals surface area (Å²) in [6.45, 7) is 4.58. The van der Waals surface area contributed by atoms with Gasteiger partial charge in [-0.05, 0) is 43.5 Å². The van der Waals surface area contributed by atoms with Gasteiger partial charge in [0.15, 0.2) is 0 Å². The van der Waals surface area contributed by atoms with Crippen LogP contribution in [0.2, 0.25) is 0 Å². The molecule has 0 atom stereocenters. The first-order chi connectivity index (χ1) is 9.49. The first-order valence-corrected chi connectivity index (χ1v) is 7.19. The monoisotopic (exact) mass is 293 g/mol. The number of carboxylic acid groups (broad SMARTS) is 1. The summed E-state index contributed by atoms with van der Waals surface area (Å²) >= 11 is 1.62. The van der Waals surface area contributed by atoms with Gasteiger partial charge in [-0.2, -0.15) is 0 Å². The Kier molecular flexibility index (Phi) is 4.39. The third kappa shape index (κ3) is 3.17. The predicted molar refractivity (Wildman–Crippen MR) is 79.0 cm³/mol. The SMILES string of the molecule is CC(C)N(Cc1cccs1)c1ccc(C(=O)O)cc1F. The molecule has 2 rings (SSSR count). The summed E-state index contributed by atoms with van der Waals surface area (Å²) in [7, 11) is 0. The normalized spacial score (nSPS) is 10.8. The van der Waals surface area contributed by atoms with Crippen molar-refractivity contribution in [3.8, 4) is 0 Å². The van der Waals surface area contributed by atoms with Gasteiger partial charge in [0.25, 0.3) is 0 Å². The molecule has 1 aromatic heterocycles. The molecule has 1 N–H and O–H groups in total. The number of halogens is 1. The van der Waals surface area contributed by atoms with Gasteiger partial charge in [-0.25, -0.2) is 9.18 Å². The summed E-state index contributed by atoms with van der Waals surface area (Å²) in [5, 5.41) is 10.9. The number of hydrogen-bond acceptors (Lipinski definition) is 3. The largest absolute Gasteiger partial charge is 0.478 e. The van der Waals surface area contributed by atoms with E-state index in [0.29, 0.717) is 12.2 Å². The summed E-state index contributed by atoms with van der Waals surface area (Å²) < 4.78 is 14.1. The van der Waals surface area contributed by atoms with E-state index in [1.54, 1.807) is 11.3 Å². The van der Waals surface area contributed by atoms with E-state index in [9.17, 15) is 9.18 Å². The Hall–Kier alpha value is -1.88. The maximum Gasteiger partial charge on any atom is 0.335 e. The highest BCUT2D eigenvalue weighted by atomic mass is 32.1. The second-order valence-electron chi connectivity index (χ2n) is 4.77. The van der Waals surface area contributed by atoms with E-state index in [2.05, 4.69) is 0 Å². The number of hydrogen-bond donors (Lipinski definition) is 1. The molecule has 0 fully saturated rings. The van der Waals surface area contributed by atoms with E-state index in [0.717, 1.165) is 10.9 Å². The Bertz CT molecular complexity index is 596. The molecule has 5 heteroatoms. The van der Waals surface area contributed by atoms with Crippen molar-refractivity contribution in [2.75, 3.05) is 4.90 Å². The summed E-state index contributed by atoms with van der Waals surface area (Å²) in [4.78, 5) is 13.9. The van der Waals surface area contributed by atoms with Gasteiger partial charge in [0.2, 0.25) is 0 Å². The molecule has 0 unspecified atom stereocenters. The lowest BCUT2D eigenvalue weighted by molar-refractivity contribution is 0.0696. The van der Waals surface area contributed by atoms with Crippen molar-refractivity contribution >= 4 is 23.0 Å². The highest BCUT2D eigenvalue weighted by molar-refractivity contribution is 7.09. The lowest BCUT2D eigenvalue weighted by Gasteiger charge is -2.29. The van der Waals surface area contributed by atoms with Crippen LogP contribution in [0.3, 0.4) is 0 Å². The van der Waals surface area contributed by atoms with Gasteiger partial charge in [-0.3, -0.25) is 0 Å². The minimum absolute atomic E-state index is 0.0360. The number of anilines is 1. The van der Waals surface area contributed by atoms with Crippen molar-refractivity contribution in [1.29, 1.82) is 0 Å². The van der Waals surface area contributed by atoms with Crippen molar-refractivity contribution in [3.05, 3.63) is 52.0 Å². The lowest BCUT2D eigenvalue weighted by atomic mass is 10.1. The zero-order valence-corrected chi connectivity index (χ0v) is 12.2. The minimum atomic E-state index is -1.12. The van der Waals surface area contributed by atoms with Gasteiger partial charge < -0.3 is 10.0 Å². The van der Waals surface area contributed by atoms with Crippen molar-refractivity contribution < 1.29 is 14.3 Å². The summed E-state index contributed by atoms with van der Waals surface area (Å²) in [5.41, 5.74) is 0.393. The molecule has 0 radical (unpaired) electrons. The first kappa shape index (κ1) is 14.5. The van der Waals surface area contributed by atoms with Crippen LogP contribution in [0.15, 0.2) is 35.7 Å². The van der Waals surface area contributed by atoms with Crippen LogP contribution in [0.25, 0.3) is 0 Å². The van der Waals surface area contributed by atoms with Gasteiger partial charge >= 0.3 is 5.97 Å². The molecular weight excluding hydrogens is 277 g/mol. The Morgan fingerprint density at radius 2 is 2.15 bits per heavy atom. The number of benzene rings is 1. The van der Waals surface area contributed by atoms with Gasteiger partial charge in [0.1, 0.15) is 5.82 Å². The number of aromatic carboxylic acids is 1. The number of carboxylic acids is 1. The molecule has 2 aromatic rings. The van der Waals surface area contributed by atoms with E-state index in [4.69, 9.17) is 5.11 Å². The summed E-state index contributed by atoms with van der Waals surface area (Å²) in [6, 6.07) is 8.12. The molecule has 0 saturated heterocycles. The van der Waals surface area contributed by atoms with E-state index >= 15 is 0 Å². The van der Waals surface area contributed by atoms with Crippen LogP contribution in [0.5, 0.6) is 0 Å². The molecule has 0 spiro atoms. The molecule has 106 valence electrons. The first-order valence-electron chi connectivity index (χ1n) is 6.31. The maximum atomic E-state index is 14.1. The molecule has 20 heavy (non-hydrogen) atoms. The Morgan fingerprint density at radius 3 is 2.65 bits per heavy atom. The second-order valence-corrected chi connectivity index (χ2v) is 5.80. The van der Waals surface area contributed by atoms with Crippen LogP contribution in [0.1, 0.15) is 29.1 Å². The molecule has 0 aliphatic carbocycles. The Morgan fingerprint density at radius 1 is 1.40 bits per heavy atom. The van der Waals surface area contributed by atoms with Gasteiger partial charge in [-0.1, -0.05) is 6.07 Å². The van der Waals surface area contributed by atoms with Crippen molar-refractivity contribution in [3.63, 3.8) is 0 Å². The minimum Gasteiger partial charge on any atom is -0.478 e. The summed E-state index contributed by atoms with van der Waals surface area (Å²) in [5.74, 6) is -1.63. The van der Waals surface area contributed by atoms with E-state index in [1.807, 2.05) is 36.3 Å². The number of rotatable bonds is 5. The maximum absolute atomic E-state index is 14.1. The molecule has 1 heterocycles. The predicted octanol–water partition coefficient (Wildman–Crippen LogP) is 4.00. The number of nitrogens with zero attached hydrogens (tertiary/aromatic N) is 1. The second kappa shape index (κ2) is 6.05. The van der Waals surface area contributed by atoms with E-state index < -0.39 is 11.8 Å². The third-order valence-corrected chi connectivity index (χ3v) is 3.89. The zero-order valence-electron chi connectivity index (χ0n) is 11.3. The average molecular weight is 293 g/mol. The van der Waals surface area contributed by atoms with Crippen LogP contribution >= 0.6 is 11.3 Å². The highest BCUT2D eigenvalue weighted by Crippen LogP contribution is 2.26. The molecule has 1 aromatic carbocycles. The molecular formula is C15H16FNO2S. The van der Waals surface area contributed by atoms with Crippen molar-refractivity contribution in [1.82, 2.24) is 0 Å². The molecule has 0 saturated carbocycles. The van der Waals surface area contributed by atoms with Gasteiger partial charge in [-0.15, -0.1) is 11.3 Å². The number of carbonyl (C=O) groups is 1. The van der Waals surface area contributed by atoms with E-state index in [-0.39, 0.29) is 11.6 Å². The molecule has 0 aliphatic rings. The fourth-order valence-electron chi connectivity index (χ4n) is 1.99. The van der Waals surface area contributed by atoms with Crippen LogP contribution in [-0.2, 0) is 6.54 Å². The lowest BCUT2D eigenvalue weighted by Crippen LogP contribution is -2.30.